The number of benzene rings is 1. The van der Waals surface area contributed by atoms with Crippen molar-refractivity contribution in [3.63, 3.8) is 0 Å². The van der Waals surface area contributed by atoms with Crippen molar-refractivity contribution in [1.29, 1.82) is 0 Å². The smallest absolute Gasteiger partial charge is 0.256 e. The van der Waals surface area contributed by atoms with Gasteiger partial charge in [0.1, 0.15) is 5.82 Å². The van der Waals surface area contributed by atoms with Crippen LogP contribution in [-0.4, -0.2) is 96.5 Å². The molecular formula is C29H34FN7O3. The fourth-order valence-corrected chi connectivity index (χ4v) is 5.82. The van der Waals surface area contributed by atoms with Crippen LogP contribution in [0.5, 0.6) is 0 Å². The lowest BCUT2D eigenvalue weighted by atomic mass is 9.81. The highest BCUT2D eigenvalue weighted by molar-refractivity contribution is 6.17. The highest BCUT2D eigenvalue weighted by Gasteiger charge is 2.37. The number of ether oxygens (including phenoxy) is 2. The van der Waals surface area contributed by atoms with E-state index < -0.39 is 5.82 Å². The number of nitrogen functional groups attached to an aromatic ring is 1. The number of rotatable bonds is 5. The number of hydrogen-bond donors (Lipinski definition) is 1. The molecule has 3 aliphatic heterocycles. The number of carbonyl (C=O) groups is 1. The van der Waals surface area contributed by atoms with E-state index in [1.54, 1.807) is 35.5 Å². The molecule has 0 spiro atoms. The number of anilines is 1. The quantitative estimate of drug-likeness (QED) is 0.611. The average Bonchev–Trinajstić information content (AvgIpc) is 3.43. The summed E-state index contributed by atoms with van der Waals surface area (Å²) in [5.74, 6) is 0.183. The van der Waals surface area contributed by atoms with Gasteiger partial charge in [-0.15, -0.1) is 0 Å². The number of allylic oxidation sites excluding steroid dienone is 1. The molecule has 2 saturated heterocycles. The number of nitrogens with two attached hydrogens (primary N) is 1. The highest BCUT2D eigenvalue weighted by atomic mass is 19.1. The summed E-state index contributed by atoms with van der Waals surface area (Å²) in [5.41, 5.74) is 8.89. The number of amides is 1. The zero-order valence-corrected chi connectivity index (χ0v) is 22.5. The maximum atomic E-state index is 15.7. The molecule has 2 aromatic rings. The molecule has 1 aliphatic carbocycles. The summed E-state index contributed by atoms with van der Waals surface area (Å²) in [6.45, 7) is 5.16. The molecule has 4 heterocycles. The maximum Gasteiger partial charge on any atom is 0.256 e. The van der Waals surface area contributed by atoms with E-state index in [9.17, 15) is 4.79 Å². The number of halogens is 1. The number of hydrogen-bond acceptors (Lipinski definition) is 9. The van der Waals surface area contributed by atoms with Crippen LogP contribution in [0.4, 0.5) is 10.3 Å². The van der Waals surface area contributed by atoms with E-state index in [-0.39, 0.29) is 22.8 Å². The largest absolute Gasteiger partial charge is 0.378 e. The highest BCUT2D eigenvalue weighted by Crippen LogP contribution is 2.43. The first-order valence-electron chi connectivity index (χ1n) is 13.9. The van der Waals surface area contributed by atoms with Crippen molar-refractivity contribution in [3.8, 4) is 0 Å². The van der Waals surface area contributed by atoms with Crippen LogP contribution in [0.1, 0.15) is 40.7 Å². The third kappa shape index (κ3) is 5.48. The summed E-state index contributed by atoms with van der Waals surface area (Å²) in [6, 6.07) is 5.14. The van der Waals surface area contributed by atoms with Crippen LogP contribution in [0.25, 0.3) is 0 Å². The van der Waals surface area contributed by atoms with Crippen LogP contribution in [0.3, 0.4) is 0 Å². The maximum absolute atomic E-state index is 15.7. The predicted molar refractivity (Wildman–Crippen MR) is 149 cm³/mol. The number of guanidine groups is 1. The minimum absolute atomic E-state index is 0.127. The molecule has 2 bridgehead atoms. The number of carbonyl (C=O) groups excluding carboxylic acids is 1. The molecule has 1 aromatic carbocycles. The Kier molecular flexibility index (Phi) is 7.57. The number of aryl methyl sites for hydroxylation is 1. The van der Waals surface area contributed by atoms with Gasteiger partial charge in [-0.05, 0) is 42.9 Å². The van der Waals surface area contributed by atoms with Crippen molar-refractivity contribution in [2.75, 3.05) is 64.9 Å². The number of fused-ring (bicyclic) bond motifs is 1. The summed E-state index contributed by atoms with van der Waals surface area (Å²) in [5, 5.41) is 0. The minimum atomic E-state index is -0.429. The molecule has 0 saturated carbocycles. The lowest BCUT2D eigenvalue weighted by Crippen LogP contribution is -2.41. The van der Waals surface area contributed by atoms with Crippen molar-refractivity contribution in [2.45, 2.75) is 25.7 Å². The zero-order valence-electron chi connectivity index (χ0n) is 22.5. The second kappa shape index (κ2) is 11.4. The van der Waals surface area contributed by atoms with Gasteiger partial charge in [-0.2, -0.15) is 0 Å². The topological polar surface area (TPSA) is 119 Å². The Balaban J connectivity index is 1.27. The van der Waals surface area contributed by atoms with Crippen molar-refractivity contribution in [1.82, 2.24) is 19.8 Å². The standard InChI is InChI=1S/C29H34FN7O3/c30-24-20(2-1-3-23(24)26(38)36-8-12-39-13-9-36)4-6-29-7-5-21(16-29)25(22-17-32-27(31)33-18-22)35-28(34-19-29)37-10-14-40-15-11-37/h1-3,16-18H,4-15,19H2,(H2,31,32,33). The number of nitrogens with zero attached hydrogens (tertiary/aromatic N) is 6. The fraction of sp³-hybridized carbons (Fsp3) is 0.483. The van der Waals surface area contributed by atoms with Gasteiger partial charge in [0, 0.05) is 49.6 Å². The summed E-state index contributed by atoms with van der Waals surface area (Å²) >= 11 is 0. The zero-order chi connectivity index (χ0) is 27.5. The fourth-order valence-electron chi connectivity index (χ4n) is 5.82. The molecule has 40 heavy (non-hydrogen) atoms. The SMILES string of the molecule is Nc1ncc(C2=NC(N3CCOCC3)=NCC3(CCc4cccc(C(=O)N5CCOCC5)c4F)C=C2CC3)cn1. The molecule has 0 radical (unpaired) electrons. The second-order valence-corrected chi connectivity index (χ2v) is 10.7. The van der Waals surface area contributed by atoms with E-state index in [2.05, 4.69) is 20.9 Å². The van der Waals surface area contributed by atoms with Crippen molar-refractivity contribution in [2.24, 2.45) is 15.4 Å². The van der Waals surface area contributed by atoms with Gasteiger partial charge in [0.2, 0.25) is 11.9 Å². The van der Waals surface area contributed by atoms with Gasteiger partial charge >= 0.3 is 0 Å². The Morgan fingerprint density at radius 2 is 1.77 bits per heavy atom. The van der Waals surface area contributed by atoms with E-state index >= 15 is 4.39 Å². The lowest BCUT2D eigenvalue weighted by molar-refractivity contribution is 0.0299. The minimum Gasteiger partial charge on any atom is -0.378 e. The first kappa shape index (κ1) is 26.5. The van der Waals surface area contributed by atoms with Gasteiger partial charge in [-0.25, -0.2) is 19.4 Å². The number of morpholine rings is 2. The normalized spacial score (nSPS) is 23.2. The van der Waals surface area contributed by atoms with Crippen molar-refractivity contribution in [3.05, 3.63) is 64.7 Å². The summed E-state index contributed by atoms with van der Waals surface area (Å²) in [6.07, 6.45) is 8.58. The van der Waals surface area contributed by atoms with Gasteiger partial charge in [0.15, 0.2) is 0 Å². The molecule has 1 aromatic heterocycles. The summed E-state index contributed by atoms with van der Waals surface area (Å²) in [7, 11) is 0. The molecule has 210 valence electrons. The van der Waals surface area contributed by atoms with Gasteiger partial charge in [0.25, 0.3) is 5.91 Å². The molecule has 6 rings (SSSR count). The van der Waals surface area contributed by atoms with Gasteiger partial charge in [0.05, 0.1) is 44.2 Å². The number of aliphatic imine (C=N–C) groups is 2. The first-order valence-corrected chi connectivity index (χ1v) is 13.9. The van der Waals surface area contributed by atoms with Crippen LogP contribution in [0, 0.1) is 11.2 Å². The average molecular weight is 548 g/mol. The van der Waals surface area contributed by atoms with E-state index in [1.807, 2.05) is 0 Å². The number of aromatic nitrogens is 2. The molecule has 4 aliphatic rings. The molecule has 2 N–H and O–H groups in total. The Morgan fingerprint density at radius 3 is 2.52 bits per heavy atom. The third-order valence-corrected chi connectivity index (χ3v) is 8.16. The Morgan fingerprint density at radius 1 is 1.05 bits per heavy atom. The Bertz CT molecular complexity index is 1350. The van der Waals surface area contributed by atoms with E-state index in [4.69, 9.17) is 25.2 Å². The molecule has 11 heteroatoms. The first-order chi connectivity index (χ1) is 19.5. The van der Waals surface area contributed by atoms with Crippen LogP contribution in [0.15, 0.2) is 52.2 Å². The van der Waals surface area contributed by atoms with Gasteiger partial charge in [-0.1, -0.05) is 18.2 Å². The lowest BCUT2D eigenvalue weighted by Gasteiger charge is -2.31. The Hall–Kier alpha value is -3.70. The molecule has 2 fully saturated rings. The van der Waals surface area contributed by atoms with Gasteiger partial charge < -0.3 is 25.0 Å². The van der Waals surface area contributed by atoms with E-state index in [0.29, 0.717) is 70.4 Å². The van der Waals surface area contributed by atoms with Crippen LogP contribution in [0.2, 0.25) is 0 Å². The van der Waals surface area contributed by atoms with E-state index in [1.165, 1.54) is 0 Å². The Labute approximate surface area is 232 Å². The van der Waals surface area contributed by atoms with Crippen molar-refractivity contribution < 1.29 is 18.7 Å². The monoisotopic (exact) mass is 547 g/mol. The van der Waals surface area contributed by atoms with Crippen molar-refractivity contribution >= 4 is 23.5 Å². The van der Waals surface area contributed by atoms with Crippen LogP contribution >= 0.6 is 0 Å². The molecular weight excluding hydrogens is 513 g/mol. The van der Waals surface area contributed by atoms with Crippen LogP contribution < -0.4 is 5.73 Å². The summed E-state index contributed by atoms with van der Waals surface area (Å²) < 4.78 is 26.5. The summed E-state index contributed by atoms with van der Waals surface area (Å²) in [4.78, 5) is 35.3. The van der Waals surface area contributed by atoms with Gasteiger partial charge in [-0.3, -0.25) is 9.79 Å². The molecule has 1 unspecified atom stereocenters. The second-order valence-electron chi connectivity index (χ2n) is 10.7. The predicted octanol–water partition coefficient (Wildman–Crippen LogP) is 2.50. The molecule has 10 nitrogen and oxygen atoms in total. The molecule has 1 atom stereocenters. The third-order valence-electron chi connectivity index (χ3n) is 8.16. The molecule has 1 amide bonds. The van der Waals surface area contributed by atoms with E-state index in [0.717, 1.165) is 42.8 Å². The van der Waals surface area contributed by atoms with Crippen LogP contribution in [-0.2, 0) is 15.9 Å².